The van der Waals surface area contributed by atoms with Gasteiger partial charge in [-0.2, -0.15) is 0 Å². The summed E-state index contributed by atoms with van der Waals surface area (Å²) in [6.45, 7) is 7.38. The zero-order valence-electron chi connectivity index (χ0n) is 15.3. The Labute approximate surface area is 158 Å². The second-order valence-electron chi connectivity index (χ2n) is 6.99. The maximum Gasteiger partial charge on any atom is 0.265 e. The lowest BCUT2D eigenvalue weighted by molar-refractivity contribution is -0.122. The second kappa shape index (κ2) is 8.23. The maximum atomic E-state index is 12.3. The second-order valence-corrected chi connectivity index (χ2v) is 7.42. The summed E-state index contributed by atoms with van der Waals surface area (Å²) in [5.74, 6) is 0.0442. The highest BCUT2D eigenvalue weighted by Crippen LogP contribution is 2.18. The molecule has 0 bridgehead atoms. The Balaban J connectivity index is 2.01. The molecule has 6 heteroatoms. The topological polar surface area (TPSA) is 67.4 Å². The van der Waals surface area contributed by atoms with E-state index >= 15 is 0 Å². The number of carbonyl (C=O) groups is 2. The molecule has 2 aromatic carbocycles. The minimum Gasteiger partial charge on any atom is -0.481 e. The van der Waals surface area contributed by atoms with Crippen LogP contribution in [0.3, 0.4) is 0 Å². The fourth-order valence-corrected chi connectivity index (χ4v) is 2.29. The van der Waals surface area contributed by atoms with Crippen LogP contribution in [0.2, 0.25) is 5.02 Å². The van der Waals surface area contributed by atoms with E-state index in [4.69, 9.17) is 16.3 Å². The Morgan fingerprint density at radius 1 is 1.08 bits per heavy atom. The summed E-state index contributed by atoms with van der Waals surface area (Å²) in [5.41, 5.74) is 0.671. The van der Waals surface area contributed by atoms with Gasteiger partial charge in [0.1, 0.15) is 5.75 Å². The molecule has 1 atom stereocenters. The zero-order valence-corrected chi connectivity index (χ0v) is 16.1. The molecule has 138 valence electrons. The Morgan fingerprint density at radius 3 is 2.35 bits per heavy atom. The molecule has 0 aliphatic rings. The van der Waals surface area contributed by atoms with E-state index in [0.717, 1.165) is 0 Å². The standard InChI is InChI=1S/C20H23ClN2O3/c1-13(26-17-10-8-15(21)9-11-17)18(24)22-16-7-5-6-14(12-16)19(25)23-20(2,3)4/h5-13H,1-4H3,(H,22,24)(H,23,25). The van der Waals surface area contributed by atoms with E-state index in [9.17, 15) is 9.59 Å². The van der Waals surface area contributed by atoms with E-state index in [1.165, 1.54) is 0 Å². The Morgan fingerprint density at radius 2 is 1.73 bits per heavy atom. The minimum absolute atomic E-state index is 0.195. The van der Waals surface area contributed by atoms with Crippen molar-refractivity contribution in [3.8, 4) is 5.75 Å². The molecular weight excluding hydrogens is 352 g/mol. The van der Waals surface area contributed by atoms with Crippen LogP contribution in [0.25, 0.3) is 0 Å². The van der Waals surface area contributed by atoms with Crippen LogP contribution in [0.1, 0.15) is 38.1 Å². The van der Waals surface area contributed by atoms with Crippen molar-refractivity contribution >= 4 is 29.1 Å². The number of hydrogen-bond acceptors (Lipinski definition) is 3. The molecule has 0 aliphatic heterocycles. The van der Waals surface area contributed by atoms with Gasteiger partial charge in [-0.05, 0) is 70.2 Å². The van der Waals surface area contributed by atoms with Crippen LogP contribution < -0.4 is 15.4 Å². The van der Waals surface area contributed by atoms with Gasteiger partial charge >= 0.3 is 0 Å². The Hall–Kier alpha value is -2.53. The Bertz CT molecular complexity index is 782. The van der Waals surface area contributed by atoms with Crippen LogP contribution >= 0.6 is 11.6 Å². The Kier molecular flexibility index (Phi) is 6.27. The first kappa shape index (κ1) is 19.8. The number of anilines is 1. The van der Waals surface area contributed by atoms with E-state index in [0.29, 0.717) is 22.0 Å². The van der Waals surface area contributed by atoms with Gasteiger partial charge in [-0.15, -0.1) is 0 Å². The van der Waals surface area contributed by atoms with Gasteiger partial charge in [-0.1, -0.05) is 17.7 Å². The van der Waals surface area contributed by atoms with Gasteiger partial charge in [0.05, 0.1) is 0 Å². The molecule has 2 rings (SSSR count). The third-order valence-corrected chi connectivity index (χ3v) is 3.63. The van der Waals surface area contributed by atoms with Crippen molar-refractivity contribution in [2.75, 3.05) is 5.32 Å². The van der Waals surface area contributed by atoms with Crippen LogP contribution in [0.4, 0.5) is 5.69 Å². The summed E-state index contributed by atoms with van der Waals surface area (Å²) in [7, 11) is 0. The molecular formula is C20H23ClN2O3. The monoisotopic (exact) mass is 374 g/mol. The quantitative estimate of drug-likeness (QED) is 0.821. The molecule has 5 nitrogen and oxygen atoms in total. The molecule has 0 aromatic heterocycles. The summed E-state index contributed by atoms with van der Waals surface area (Å²) in [5, 5.41) is 6.25. The predicted molar refractivity (Wildman–Crippen MR) is 104 cm³/mol. The zero-order chi connectivity index (χ0) is 19.3. The summed E-state index contributed by atoms with van der Waals surface area (Å²) in [6, 6.07) is 13.6. The summed E-state index contributed by atoms with van der Waals surface area (Å²) < 4.78 is 5.60. The SMILES string of the molecule is CC(Oc1ccc(Cl)cc1)C(=O)Nc1cccc(C(=O)NC(C)(C)C)c1. The third-order valence-electron chi connectivity index (χ3n) is 3.38. The van der Waals surface area contributed by atoms with Gasteiger partial charge < -0.3 is 15.4 Å². The van der Waals surface area contributed by atoms with Crippen LogP contribution in [0.15, 0.2) is 48.5 Å². The maximum absolute atomic E-state index is 12.3. The number of nitrogens with one attached hydrogen (secondary N) is 2. The van der Waals surface area contributed by atoms with Gasteiger partial charge in [-0.3, -0.25) is 9.59 Å². The van der Waals surface area contributed by atoms with Crippen LogP contribution in [0.5, 0.6) is 5.75 Å². The molecule has 0 saturated heterocycles. The fourth-order valence-electron chi connectivity index (χ4n) is 2.17. The summed E-state index contributed by atoms with van der Waals surface area (Å²) in [6.07, 6.45) is -0.705. The van der Waals surface area contributed by atoms with Gasteiger partial charge in [-0.25, -0.2) is 0 Å². The third kappa shape index (κ3) is 6.08. The number of rotatable bonds is 5. The van der Waals surface area contributed by atoms with Gasteiger partial charge in [0.25, 0.3) is 11.8 Å². The van der Waals surface area contributed by atoms with Crippen molar-refractivity contribution in [3.63, 3.8) is 0 Å². The number of hydrogen-bond donors (Lipinski definition) is 2. The molecule has 0 saturated carbocycles. The van der Waals surface area contributed by atoms with Crippen molar-refractivity contribution < 1.29 is 14.3 Å². The summed E-state index contributed by atoms with van der Waals surface area (Å²) >= 11 is 5.83. The molecule has 0 aliphatic carbocycles. The molecule has 1 unspecified atom stereocenters. The van der Waals surface area contributed by atoms with Gasteiger partial charge in [0.2, 0.25) is 0 Å². The highest BCUT2D eigenvalue weighted by Gasteiger charge is 2.17. The first-order chi connectivity index (χ1) is 12.1. The number of halogens is 1. The van der Waals surface area contributed by atoms with E-state index in [1.807, 2.05) is 20.8 Å². The first-order valence-corrected chi connectivity index (χ1v) is 8.67. The molecule has 2 N–H and O–H groups in total. The molecule has 2 aromatic rings. The number of benzene rings is 2. The number of carbonyl (C=O) groups excluding carboxylic acids is 2. The van der Waals surface area contributed by atoms with Crippen LogP contribution in [-0.2, 0) is 4.79 Å². The molecule has 26 heavy (non-hydrogen) atoms. The van der Waals surface area contributed by atoms with E-state index in [2.05, 4.69) is 10.6 Å². The number of amides is 2. The first-order valence-electron chi connectivity index (χ1n) is 8.30. The highest BCUT2D eigenvalue weighted by molar-refractivity contribution is 6.30. The predicted octanol–water partition coefficient (Wildman–Crippen LogP) is 4.27. The van der Waals surface area contributed by atoms with E-state index in [1.54, 1.807) is 55.5 Å². The molecule has 0 spiro atoms. The van der Waals surface area contributed by atoms with Crippen molar-refractivity contribution in [3.05, 3.63) is 59.1 Å². The van der Waals surface area contributed by atoms with Crippen LogP contribution in [0, 0.1) is 0 Å². The average Bonchev–Trinajstić information content (AvgIpc) is 2.55. The minimum atomic E-state index is -0.705. The van der Waals surface area contributed by atoms with Gasteiger partial charge in [0.15, 0.2) is 6.10 Å². The van der Waals surface area contributed by atoms with Gasteiger partial charge in [0, 0.05) is 21.8 Å². The average molecular weight is 375 g/mol. The van der Waals surface area contributed by atoms with E-state index in [-0.39, 0.29) is 17.4 Å². The lowest BCUT2D eigenvalue weighted by atomic mass is 10.1. The smallest absolute Gasteiger partial charge is 0.265 e. The number of ether oxygens (including phenoxy) is 1. The van der Waals surface area contributed by atoms with E-state index < -0.39 is 6.10 Å². The normalized spacial score (nSPS) is 12.2. The van der Waals surface area contributed by atoms with Crippen LogP contribution in [-0.4, -0.2) is 23.5 Å². The largest absolute Gasteiger partial charge is 0.481 e. The summed E-state index contributed by atoms with van der Waals surface area (Å²) in [4.78, 5) is 24.6. The van der Waals surface area contributed by atoms with Crippen molar-refractivity contribution in [1.82, 2.24) is 5.32 Å². The molecule has 0 radical (unpaired) electrons. The lowest BCUT2D eigenvalue weighted by Gasteiger charge is -2.20. The molecule has 0 heterocycles. The highest BCUT2D eigenvalue weighted by atomic mass is 35.5. The molecule has 0 fully saturated rings. The van der Waals surface area contributed by atoms with Crippen molar-refractivity contribution in [2.24, 2.45) is 0 Å². The van der Waals surface area contributed by atoms with Crippen molar-refractivity contribution in [1.29, 1.82) is 0 Å². The fraction of sp³-hybridized carbons (Fsp3) is 0.300. The molecule has 2 amide bonds. The lowest BCUT2D eigenvalue weighted by Crippen LogP contribution is -2.40. The van der Waals surface area contributed by atoms with Crippen molar-refractivity contribution in [2.45, 2.75) is 39.3 Å².